The van der Waals surface area contributed by atoms with Gasteiger partial charge in [0.25, 0.3) is 0 Å². The summed E-state index contributed by atoms with van der Waals surface area (Å²) in [6.07, 6.45) is 0. The van der Waals surface area contributed by atoms with Crippen molar-refractivity contribution in [1.82, 2.24) is 9.97 Å². The summed E-state index contributed by atoms with van der Waals surface area (Å²) in [7, 11) is 3.58. The Hall–Kier alpha value is -3.68. The highest BCUT2D eigenvalue weighted by Crippen LogP contribution is 2.33. The third-order valence-electron chi connectivity index (χ3n) is 4.29. The zero-order chi connectivity index (χ0) is 20.1. The van der Waals surface area contributed by atoms with Gasteiger partial charge in [-0.05, 0) is 11.1 Å². The lowest BCUT2D eigenvalue weighted by molar-refractivity contribution is -0.383. The van der Waals surface area contributed by atoms with Gasteiger partial charge in [-0.15, -0.1) is 0 Å². The van der Waals surface area contributed by atoms with Gasteiger partial charge in [0.05, 0.1) is 4.92 Å². The first-order chi connectivity index (χ1) is 13.5. The highest BCUT2D eigenvalue weighted by Gasteiger charge is 2.27. The van der Waals surface area contributed by atoms with Crippen LogP contribution in [-0.4, -0.2) is 29.0 Å². The van der Waals surface area contributed by atoms with E-state index >= 15 is 0 Å². The number of rotatable bonds is 7. The molecule has 0 bridgehead atoms. The van der Waals surface area contributed by atoms with Crippen molar-refractivity contribution in [2.75, 3.05) is 29.6 Å². The topological polar surface area (TPSA) is 101 Å². The van der Waals surface area contributed by atoms with Crippen LogP contribution in [0.3, 0.4) is 0 Å². The van der Waals surface area contributed by atoms with E-state index in [4.69, 9.17) is 5.73 Å². The molecule has 0 fully saturated rings. The Kier molecular flexibility index (Phi) is 5.69. The van der Waals surface area contributed by atoms with Gasteiger partial charge in [0, 0.05) is 27.2 Å². The Bertz CT molecular complexity index is 950. The molecule has 1 aromatic heterocycles. The Morgan fingerprint density at radius 2 is 1.39 bits per heavy atom. The van der Waals surface area contributed by atoms with E-state index in [1.165, 1.54) is 0 Å². The Labute approximate surface area is 163 Å². The van der Waals surface area contributed by atoms with Crippen LogP contribution in [0.15, 0.2) is 60.7 Å². The molecule has 8 heteroatoms. The molecule has 8 nitrogen and oxygen atoms in total. The van der Waals surface area contributed by atoms with Crippen molar-refractivity contribution in [2.24, 2.45) is 0 Å². The number of hydrogen-bond acceptors (Lipinski definition) is 7. The first kappa shape index (κ1) is 19.1. The molecule has 0 aliphatic heterocycles. The largest absolute Gasteiger partial charge is 0.378 e. The normalized spacial score (nSPS) is 10.5. The molecule has 0 saturated carbocycles. The minimum absolute atomic E-state index is 0.148. The number of aromatic nitrogens is 2. The predicted octanol–water partition coefficient (Wildman–Crippen LogP) is 3.24. The third-order valence-corrected chi connectivity index (χ3v) is 4.29. The number of nitrogen functional groups attached to an aromatic ring is 1. The van der Waals surface area contributed by atoms with Crippen LogP contribution in [0.4, 0.5) is 23.3 Å². The van der Waals surface area contributed by atoms with Crippen LogP contribution in [0.2, 0.25) is 0 Å². The minimum Gasteiger partial charge on any atom is -0.378 e. The van der Waals surface area contributed by atoms with Crippen LogP contribution in [0.25, 0.3) is 0 Å². The minimum atomic E-state index is -0.535. The molecular weight excluding hydrogens is 356 g/mol. The van der Waals surface area contributed by atoms with Crippen molar-refractivity contribution in [3.05, 3.63) is 81.9 Å². The molecule has 0 unspecified atom stereocenters. The van der Waals surface area contributed by atoms with Crippen LogP contribution in [0.5, 0.6) is 0 Å². The first-order valence-electron chi connectivity index (χ1n) is 8.77. The van der Waals surface area contributed by atoms with E-state index in [-0.39, 0.29) is 17.3 Å². The second-order valence-electron chi connectivity index (χ2n) is 6.52. The maximum absolute atomic E-state index is 11.6. The van der Waals surface area contributed by atoms with Crippen molar-refractivity contribution in [2.45, 2.75) is 13.1 Å². The number of benzene rings is 2. The number of nitrogens with zero attached hydrogens (tertiary/aromatic N) is 5. The van der Waals surface area contributed by atoms with E-state index in [1.54, 1.807) is 11.9 Å². The fraction of sp³-hybridized carbons (Fsp3) is 0.200. The molecule has 0 atom stereocenters. The van der Waals surface area contributed by atoms with Crippen molar-refractivity contribution in [1.29, 1.82) is 0 Å². The fourth-order valence-corrected chi connectivity index (χ4v) is 2.92. The van der Waals surface area contributed by atoms with Gasteiger partial charge in [-0.3, -0.25) is 10.1 Å². The summed E-state index contributed by atoms with van der Waals surface area (Å²) in [5.74, 6) is 0.378. The summed E-state index contributed by atoms with van der Waals surface area (Å²) in [4.78, 5) is 23.2. The summed E-state index contributed by atoms with van der Waals surface area (Å²) < 4.78 is 0. The summed E-state index contributed by atoms with van der Waals surface area (Å²) in [6.45, 7) is 1.01. The van der Waals surface area contributed by atoms with Gasteiger partial charge in [0.15, 0.2) is 0 Å². The van der Waals surface area contributed by atoms with Crippen molar-refractivity contribution in [3.63, 3.8) is 0 Å². The van der Waals surface area contributed by atoms with E-state index < -0.39 is 4.92 Å². The molecule has 0 spiro atoms. The highest BCUT2D eigenvalue weighted by atomic mass is 16.6. The molecular formula is C20H22N6O2. The number of hydrogen-bond donors (Lipinski definition) is 1. The lowest BCUT2D eigenvalue weighted by Crippen LogP contribution is -2.24. The van der Waals surface area contributed by atoms with Crippen LogP contribution >= 0.6 is 0 Å². The molecule has 1 heterocycles. The summed E-state index contributed by atoms with van der Waals surface area (Å²) in [6, 6.07) is 19.5. The van der Waals surface area contributed by atoms with Crippen molar-refractivity contribution >= 4 is 23.3 Å². The van der Waals surface area contributed by atoms with Gasteiger partial charge >= 0.3 is 5.69 Å². The molecule has 3 aromatic rings. The smallest absolute Gasteiger partial charge is 0.353 e. The lowest BCUT2D eigenvalue weighted by Gasteiger charge is -2.22. The van der Waals surface area contributed by atoms with Crippen LogP contribution in [0.1, 0.15) is 11.1 Å². The number of anilines is 3. The molecule has 2 N–H and O–H groups in total. The van der Waals surface area contributed by atoms with E-state index in [9.17, 15) is 10.1 Å². The molecule has 0 saturated heterocycles. The SMILES string of the molecule is CN(Cc1ccccc1)c1nc(N)c([N+](=O)[O-])c(N(C)Cc2ccccc2)n1. The second kappa shape index (κ2) is 8.34. The quantitative estimate of drug-likeness (QED) is 0.497. The number of nitro groups is 1. The Morgan fingerprint density at radius 1 is 0.893 bits per heavy atom. The van der Waals surface area contributed by atoms with Crippen molar-refractivity contribution < 1.29 is 4.92 Å². The molecule has 0 aliphatic carbocycles. The van der Waals surface area contributed by atoms with Gasteiger partial charge < -0.3 is 15.5 Å². The Morgan fingerprint density at radius 3 is 1.89 bits per heavy atom. The van der Waals surface area contributed by atoms with Crippen LogP contribution in [-0.2, 0) is 13.1 Å². The zero-order valence-corrected chi connectivity index (χ0v) is 15.8. The van der Waals surface area contributed by atoms with Gasteiger partial charge in [-0.25, -0.2) is 0 Å². The van der Waals surface area contributed by atoms with E-state index in [0.717, 1.165) is 11.1 Å². The van der Waals surface area contributed by atoms with Gasteiger partial charge in [0.2, 0.25) is 17.6 Å². The summed E-state index contributed by atoms with van der Waals surface area (Å²) >= 11 is 0. The lowest BCUT2D eigenvalue weighted by atomic mass is 10.2. The zero-order valence-electron chi connectivity index (χ0n) is 15.8. The molecule has 0 radical (unpaired) electrons. The summed E-state index contributed by atoms with van der Waals surface area (Å²) in [5.41, 5.74) is 7.74. The monoisotopic (exact) mass is 378 g/mol. The molecule has 2 aromatic carbocycles. The molecule has 28 heavy (non-hydrogen) atoms. The van der Waals surface area contributed by atoms with E-state index in [0.29, 0.717) is 19.0 Å². The fourth-order valence-electron chi connectivity index (χ4n) is 2.92. The summed E-state index contributed by atoms with van der Waals surface area (Å²) in [5, 5.41) is 11.6. The second-order valence-corrected chi connectivity index (χ2v) is 6.52. The Balaban J connectivity index is 1.94. The van der Waals surface area contributed by atoms with Crippen LogP contribution < -0.4 is 15.5 Å². The predicted molar refractivity (Wildman–Crippen MR) is 110 cm³/mol. The van der Waals surface area contributed by atoms with Gasteiger partial charge in [-0.1, -0.05) is 60.7 Å². The number of nitrogens with two attached hydrogens (primary N) is 1. The van der Waals surface area contributed by atoms with E-state index in [1.807, 2.05) is 72.6 Å². The molecule has 3 rings (SSSR count). The average molecular weight is 378 g/mol. The standard InChI is InChI=1S/C20H22N6O2/c1-24(13-15-9-5-3-6-10-15)19-17(26(27)28)18(21)22-20(23-19)25(2)14-16-11-7-4-8-12-16/h3-12H,13-14H2,1-2H3,(H2,21,22,23). The third kappa shape index (κ3) is 4.35. The molecule has 144 valence electrons. The van der Waals surface area contributed by atoms with Crippen molar-refractivity contribution in [3.8, 4) is 0 Å². The molecule has 0 amide bonds. The van der Waals surface area contributed by atoms with E-state index in [2.05, 4.69) is 9.97 Å². The average Bonchev–Trinajstić information content (AvgIpc) is 2.68. The maximum atomic E-state index is 11.6. The van der Waals surface area contributed by atoms with Crippen LogP contribution in [0, 0.1) is 10.1 Å². The maximum Gasteiger partial charge on any atom is 0.353 e. The highest BCUT2D eigenvalue weighted by molar-refractivity contribution is 5.71. The molecule has 0 aliphatic rings. The van der Waals surface area contributed by atoms with Gasteiger partial charge in [-0.2, -0.15) is 9.97 Å². The first-order valence-corrected chi connectivity index (χ1v) is 8.77. The van der Waals surface area contributed by atoms with Gasteiger partial charge in [0.1, 0.15) is 0 Å².